The Morgan fingerprint density at radius 2 is 1.73 bits per heavy atom. The molecule has 0 aromatic heterocycles. The number of carbonyl (C=O) groups excluding carboxylic acids is 1. The fourth-order valence-corrected chi connectivity index (χ4v) is 2.18. The van der Waals surface area contributed by atoms with Crippen LogP contribution in [0.5, 0.6) is 5.75 Å². The van der Waals surface area contributed by atoms with Gasteiger partial charge in [-0.3, -0.25) is 4.79 Å². The Morgan fingerprint density at radius 1 is 1.14 bits per heavy atom. The second kappa shape index (κ2) is 6.99. The van der Waals surface area contributed by atoms with Gasteiger partial charge in [-0.2, -0.15) is 5.26 Å². The third-order valence-corrected chi connectivity index (χ3v) is 3.40. The maximum absolute atomic E-state index is 12.2. The molecule has 2 rings (SSSR count). The van der Waals surface area contributed by atoms with Gasteiger partial charge < -0.3 is 10.4 Å². The minimum Gasteiger partial charge on any atom is -0.508 e. The van der Waals surface area contributed by atoms with Gasteiger partial charge in [0, 0.05) is 0 Å². The molecule has 2 aromatic carbocycles. The lowest BCUT2D eigenvalue weighted by atomic mass is 10.1. The first-order valence-electron chi connectivity index (χ1n) is 6.17. The van der Waals surface area contributed by atoms with Crippen molar-refractivity contribution in [3.05, 3.63) is 63.6 Å². The second-order valence-electron chi connectivity index (χ2n) is 4.31. The summed E-state index contributed by atoms with van der Waals surface area (Å²) in [5.41, 5.74) is 0.749. The van der Waals surface area contributed by atoms with E-state index in [9.17, 15) is 9.90 Å². The number of para-hydroxylation sites is 1. The molecule has 0 atom stereocenters. The van der Waals surface area contributed by atoms with E-state index in [4.69, 9.17) is 28.5 Å². The summed E-state index contributed by atoms with van der Waals surface area (Å²) in [6.45, 7) is 0. The van der Waals surface area contributed by atoms with Gasteiger partial charge in [-0.15, -0.1) is 0 Å². The van der Waals surface area contributed by atoms with Gasteiger partial charge in [-0.05, 0) is 35.9 Å². The Kier molecular flexibility index (Phi) is 5.05. The summed E-state index contributed by atoms with van der Waals surface area (Å²) >= 11 is 11.9. The average molecular weight is 333 g/mol. The van der Waals surface area contributed by atoms with E-state index in [1.54, 1.807) is 30.3 Å². The fraction of sp³-hybridized carbons (Fsp3) is 0. The van der Waals surface area contributed by atoms with Crippen LogP contribution in [0.4, 0.5) is 5.69 Å². The molecule has 0 saturated carbocycles. The molecule has 2 aromatic rings. The number of halogens is 2. The highest BCUT2D eigenvalue weighted by molar-refractivity contribution is 6.40. The van der Waals surface area contributed by atoms with Crippen LogP contribution >= 0.6 is 23.2 Å². The number of rotatable bonds is 3. The van der Waals surface area contributed by atoms with E-state index in [1.807, 2.05) is 6.07 Å². The molecule has 0 unspecified atom stereocenters. The SMILES string of the molecule is N#C/C(=C\c1ccc(O)cc1)C(=O)Nc1c(Cl)cccc1Cl. The van der Waals surface area contributed by atoms with E-state index < -0.39 is 5.91 Å². The van der Waals surface area contributed by atoms with Crippen LogP contribution in [-0.4, -0.2) is 11.0 Å². The molecular formula is C16H10Cl2N2O2. The van der Waals surface area contributed by atoms with Gasteiger partial charge in [0.15, 0.2) is 0 Å². The summed E-state index contributed by atoms with van der Waals surface area (Å²) in [5, 5.41) is 21.4. The zero-order valence-corrected chi connectivity index (χ0v) is 12.7. The van der Waals surface area contributed by atoms with Crippen molar-refractivity contribution in [2.75, 3.05) is 5.32 Å². The third-order valence-electron chi connectivity index (χ3n) is 2.77. The molecule has 0 aliphatic rings. The number of anilines is 1. The highest BCUT2D eigenvalue weighted by Crippen LogP contribution is 2.30. The first-order valence-corrected chi connectivity index (χ1v) is 6.93. The van der Waals surface area contributed by atoms with Gasteiger partial charge in [-0.1, -0.05) is 41.4 Å². The normalized spacial score (nSPS) is 10.9. The first-order chi connectivity index (χ1) is 10.5. The number of nitriles is 1. The molecule has 0 saturated heterocycles. The Bertz CT molecular complexity index is 757. The van der Waals surface area contributed by atoms with Crippen LogP contribution in [-0.2, 0) is 4.79 Å². The molecule has 0 bridgehead atoms. The summed E-state index contributed by atoms with van der Waals surface area (Å²) < 4.78 is 0. The topological polar surface area (TPSA) is 73.1 Å². The lowest BCUT2D eigenvalue weighted by Crippen LogP contribution is -2.14. The molecule has 0 aliphatic heterocycles. The summed E-state index contributed by atoms with van der Waals surface area (Å²) in [7, 11) is 0. The highest BCUT2D eigenvalue weighted by Gasteiger charge is 2.13. The highest BCUT2D eigenvalue weighted by atomic mass is 35.5. The van der Waals surface area contributed by atoms with E-state index in [2.05, 4.69) is 5.32 Å². The monoisotopic (exact) mass is 332 g/mol. The van der Waals surface area contributed by atoms with E-state index in [1.165, 1.54) is 18.2 Å². The Hall–Kier alpha value is -2.48. The number of hydrogen-bond donors (Lipinski definition) is 2. The van der Waals surface area contributed by atoms with Gasteiger partial charge in [0.05, 0.1) is 15.7 Å². The Labute approximate surface area is 137 Å². The van der Waals surface area contributed by atoms with Crippen LogP contribution in [0, 0.1) is 11.3 Å². The molecule has 22 heavy (non-hydrogen) atoms. The molecule has 110 valence electrons. The number of amides is 1. The summed E-state index contributed by atoms with van der Waals surface area (Å²) in [6, 6.07) is 12.7. The molecule has 0 aliphatic carbocycles. The zero-order valence-electron chi connectivity index (χ0n) is 11.2. The van der Waals surface area contributed by atoms with Crippen LogP contribution in [0.15, 0.2) is 48.0 Å². The van der Waals surface area contributed by atoms with Crippen molar-refractivity contribution in [3.8, 4) is 11.8 Å². The minimum absolute atomic E-state index is 0.1000. The molecule has 0 heterocycles. The number of nitrogens with one attached hydrogen (secondary N) is 1. The summed E-state index contributed by atoms with van der Waals surface area (Å²) in [5.74, 6) is -0.520. The average Bonchev–Trinajstić information content (AvgIpc) is 2.50. The van der Waals surface area contributed by atoms with Gasteiger partial charge in [0.1, 0.15) is 17.4 Å². The summed E-state index contributed by atoms with van der Waals surface area (Å²) in [4.78, 5) is 12.2. The van der Waals surface area contributed by atoms with Crippen LogP contribution in [0.3, 0.4) is 0 Å². The van der Waals surface area contributed by atoms with Gasteiger partial charge in [0.25, 0.3) is 5.91 Å². The third kappa shape index (κ3) is 3.79. The number of benzene rings is 2. The van der Waals surface area contributed by atoms with Crippen LogP contribution < -0.4 is 5.32 Å². The van der Waals surface area contributed by atoms with E-state index in [0.29, 0.717) is 5.56 Å². The van der Waals surface area contributed by atoms with Gasteiger partial charge in [-0.25, -0.2) is 0 Å². The van der Waals surface area contributed by atoms with Crippen LogP contribution in [0.1, 0.15) is 5.56 Å². The molecule has 4 nitrogen and oxygen atoms in total. The van der Waals surface area contributed by atoms with Crippen LogP contribution in [0.2, 0.25) is 10.0 Å². The molecule has 0 spiro atoms. The Morgan fingerprint density at radius 3 is 2.27 bits per heavy atom. The molecule has 0 fully saturated rings. The standard InChI is InChI=1S/C16H10Cl2N2O2/c17-13-2-1-3-14(18)15(13)20-16(22)11(9-19)8-10-4-6-12(21)7-5-10/h1-8,21H,(H,20,22)/b11-8+. The molecular weight excluding hydrogens is 323 g/mol. The fourth-order valence-electron chi connectivity index (χ4n) is 1.68. The number of nitrogens with zero attached hydrogens (tertiary/aromatic N) is 1. The van der Waals surface area contributed by atoms with Crippen molar-refractivity contribution in [1.82, 2.24) is 0 Å². The van der Waals surface area contributed by atoms with E-state index in [0.717, 1.165) is 0 Å². The molecule has 1 amide bonds. The number of phenolic OH excluding ortho intramolecular Hbond substituents is 1. The number of carbonyl (C=O) groups is 1. The molecule has 2 N–H and O–H groups in total. The lowest BCUT2D eigenvalue weighted by molar-refractivity contribution is -0.112. The Balaban J connectivity index is 2.26. The smallest absolute Gasteiger partial charge is 0.266 e. The van der Waals surface area contributed by atoms with Crippen molar-refractivity contribution in [1.29, 1.82) is 5.26 Å². The van der Waals surface area contributed by atoms with E-state index in [-0.39, 0.29) is 27.1 Å². The van der Waals surface area contributed by atoms with Crippen molar-refractivity contribution >= 4 is 40.9 Å². The maximum atomic E-state index is 12.2. The van der Waals surface area contributed by atoms with Gasteiger partial charge in [0.2, 0.25) is 0 Å². The molecule has 6 heteroatoms. The van der Waals surface area contributed by atoms with Crippen molar-refractivity contribution < 1.29 is 9.90 Å². The van der Waals surface area contributed by atoms with E-state index >= 15 is 0 Å². The first kappa shape index (κ1) is 15.9. The zero-order chi connectivity index (χ0) is 16.1. The quantitative estimate of drug-likeness (QED) is 0.652. The van der Waals surface area contributed by atoms with Crippen molar-refractivity contribution in [3.63, 3.8) is 0 Å². The maximum Gasteiger partial charge on any atom is 0.266 e. The van der Waals surface area contributed by atoms with Crippen molar-refractivity contribution in [2.45, 2.75) is 0 Å². The second-order valence-corrected chi connectivity index (χ2v) is 5.13. The van der Waals surface area contributed by atoms with Crippen LogP contribution in [0.25, 0.3) is 6.08 Å². The largest absolute Gasteiger partial charge is 0.508 e. The number of hydrogen-bond acceptors (Lipinski definition) is 3. The number of aromatic hydroxyl groups is 1. The molecule has 0 radical (unpaired) electrons. The van der Waals surface area contributed by atoms with Crippen molar-refractivity contribution in [2.24, 2.45) is 0 Å². The van der Waals surface area contributed by atoms with Gasteiger partial charge >= 0.3 is 0 Å². The summed E-state index contributed by atoms with van der Waals surface area (Å²) in [6.07, 6.45) is 1.40. The minimum atomic E-state index is -0.620. The lowest BCUT2D eigenvalue weighted by Gasteiger charge is -2.08. The predicted molar refractivity (Wildman–Crippen MR) is 86.8 cm³/mol. The predicted octanol–water partition coefficient (Wildman–Crippen LogP) is 4.24. The number of phenols is 1.